The van der Waals surface area contributed by atoms with Gasteiger partial charge < -0.3 is 10.2 Å². The van der Waals surface area contributed by atoms with Crippen molar-refractivity contribution in [2.24, 2.45) is 0 Å². The summed E-state index contributed by atoms with van der Waals surface area (Å²) < 4.78 is 0. The molecule has 0 radical (unpaired) electrons. The van der Waals surface area contributed by atoms with Crippen LogP contribution >= 0.6 is 11.3 Å². The summed E-state index contributed by atoms with van der Waals surface area (Å²) in [6.07, 6.45) is 0.217. The third kappa shape index (κ3) is 2.76. The van der Waals surface area contributed by atoms with Crippen LogP contribution in [0.15, 0.2) is 12.1 Å². The van der Waals surface area contributed by atoms with Crippen molar-refractivity contribution >= 4 is 17.1 Å². The molecular weight excluding hydrogens is 262 g/mol. The number of thiazole rings is 1. The van der Waals surface area contributed by atoms with Crippen molar-refractivity contribution in [2.75, 3.05) is 0 Å². The zero-order chi connectivity index (χ0) is 14.2. The Hall–Kier alpha value is -1.88. The molecule has 1 heterocycles. The largest absolute Gasteiger partial charge is 0.508 e. The van der Waals surface area contributed by atoms with Gasteiger partial charge in [0.2, 0.25) is 0 Å². The lowest BCUT2D eigenvalue weighted by atomic mass is 10.0. The van der Waals surface area contributed by atoms with Gasteiger partial charge in [-0.1, -0.05) is 0 Å². The van der Waals surface area contributed by atoms with Gasteiger partial charge in [-0.3, -0.25) is 4.79 Å². The summed E-state index contributed by atoms with van der Waals surface area (Å²) >= 11 is 1.49. The number of nitrogens with zero attached hydrogens (tertiary/aromatic N) is 1. The number of aromatic nitrogens is 1. The lowest BCUT2D eigenvalue weighted by molar-refractivity contribution is 0.0991. The Morgan fingerprint density at radius 1 is 1.21 bits per heavy atom. The number of aromatic hydroxyl groups is 2. The number of phenols is 2. The fourth-order valence-corrected chi connectivity index (χ4v) is 2.82. The van der Waals surface area contributed by atoms with E-state index in [4.69, 9.17) is 0 Å². The molecule has 0 atom stereocenters. The number of hydrogen-bond acceptors (Lipinski definition) is 5. The molecule has 0 unspecified atom stereocenters. The molecule has 0 fully saturated rings. The lowest BCUT2D eigenvalue weighted by Crippen LogP contribution is -2.04. The number of ketones is 1. The van der Waals surface area contributed by atoms with Crippen LogP contribution in [0.4, 0.5) is 0 Å². The van der Waals surface area contributed by atoms with Crippen molar-refractivity contribution in [3.8, 4) is 11.5 Å². The normalized spacial score (nSPS) is 10.7. The first-order valence-corrected chi connectivity index (χ1v) is 6.69. The van der Waals surface area contributed by atoms with E-state index in [2.05, 4.69) is 4.98 Å². The Morgan fingerprint density at radius 2 is 1.89 bits per heavy atom. The fourth-order valence-electron chi connectivity index (χ4n) is 1.89. The van der Waals surface area contributed by atoms with E-state index < -0.39 is 0 Å². The molecule has 0 aliphatic heterocycles. The number of aryl methyl sites for hydroxylation is 3. The highest BCUT2D eigenvalue weighted by Crippen LogP contribution is 2.28. The second-order valence-corrected chi connectivity index (χ2v) is 5.79. The van der Waals surface area contributed by atoms with Crippen LogP contribution < -0.4 is 0 Å². The second-order valence-electron chi connectivity index (χ2n) is 4.50. The van der Waals surface area contributed by atoms with E-state index in [1.807, 2.05) is 13.8 Å². The minimum absolute atomic E-state index is 0.0149. The van der Waals surface area contributed by atoms with Crippen molar-refractivity contribution in [1.29, 1.82) is 0 Å². The van der Waals surface area contributed by atoms with Crippen LogP contribution in [0.2, 0.25) is 0 Å². The van der Waals surface area contributed by atoms with E-state index in [9.17, 15) is 15.0 Å². The fraction of sp³-hybridized carbons (Fsp3) is 0.286. The monoisotopic (exact) mass is 277 g/mol. The molecular formula is C14H15NO3S. The van der Waals surface area contributed by atoms with Crippen molar-refractivity contribution in [3.05, 3.63) is 38.8 Å². The van der Waals surface area contributed by atoms with Gasteiger partial charge in [-0.15, -0.1) is 11.3 Å². The van der Waals surface area contributed by atoms with E-state index in [0.29, 0.717) is 5.56 Å². The first-order chi connectivity index (χ1) is 8.88. The van der Waals surface area contributed by atoms with Gasteiger partial charge in [-0.25, -0.2) is 4.98 Å². The van der Waals surface area contributed by atoms with Crippen molar-refractivity contribution in [3.63, 3.8) is 0 Å². The number of hydrogen-bond donors (Lipinski definition) is 2. The molecule has 100 valence electrons. The molecule has 0 amide bonds. The minimum atomic E-state index is -0.188. The maximum atomic E-state index is 12.2. The second kappa shape index (κ2) is 5.01. The Labute approximate surface area is 115 Å². The highest BCUT2D eigenvalue weighted by Gasteiger charge is 2.16. The molecule has 0 saturated heterocycles. The smallest absolute Gasteiger partial charge is 0.171 e. The van der Waals surface area contributed by atoms with Crippen LogP contribution in [-0.2, 0) is 6.42 Å². The summed E-state index contributed by atoms with van der Waals surface area (Å²) in [4.78, 5) is 17.4. The van der Waals surface area contributed by atoms with Gasteiger partial charge in [0, 0.05) is 17.4 Å². The third-order valence-corrected chi connectivity index (χ3v) is 4.01. The number of benzene rings is 1. The summed E-state index contributed by atoms with van der Waals surface area (Å²) in [5.74, 6) is -0.377. The highest BCUT2D eigenvalue weighted by atomic mass is 32.1. The molecule has 2 aromatic rings. The molecule has 0 spiro atoms. The lowest BCUT2D eigenvalue weighted by Gasteiger charge is -2.06. The Morgan fingerprint density at radius 3 is 2.47 bits per heavy atom. The van der Waals surface area contributed by atoms with Gasteiger partial charge >= 0.3 is 0 Å². The van der Waals surface area contributed by atoms with E-state index in [1.165, 1.54) is 23.5 Å². The van der Waals surface area contributed by atoms with Gasteiger partial charge in [-0.05, 0) is 32.4 Å². The van der Waals surface area contributed by atoms with Crippen LogP contribution in [0.25, 0.3) is 0 Å². The quantitative estimate of drug-likeness (QED) is 0.846. The van der Waals surface area contributed by atoms with Gasteiger partial charge in [0.25, 0.3) is 0 Å². The van der Waals surface area contributed by atoms with Crippen LogP contribution in [0.5, 0.6) is 11.5 Å². The molecule has 5 heteroatoms. The number of Topliss-reactive ketones (excluding diaryl/α,β-unsaturated/α-hetero) is 1. The van der Waals surface area contributed by atoms with Gasteiger partial charge in [0.05, 0.1) is 16.3 Å². The summed E-state index contributed by atoms with van der Waals surface area (Å²) in [6.45, 7) is 5.45. The summed E-state index contributed by atoms with van der Waals surface area (Å²) in [7, 11) is 0. The summed E-state index contributed by atoms with van der Waals surface area (Å²) in [6, 6.07) is 2.71. The van der Waals surface area contributed by atoms with E-state index in [-0.39, 0.29) is 29.3 Å². The number of phenolic OH excluding ortho intramolecular Hbond substituents is 2. The average molecular weight is 277 g/mol. The number of carbonyl (C=O) groups excluding carboxylic acids is 1. The number of rotatable bonds is 3. The summed E-state index contributed by atoms with van der Waals surface area (Å²) in [5, 5.41) is 20.1. The molecule has 0 aliphatic carbocycles. The molecule has 2 rings (SSSR count). The standard InChI is InChI=1S/C14H15NO3S/c1-7-4-10(12(17)5-11(7)16)13(18)6-14-8(2)15-9(3)19-14/h4-5,16-17H,6H2,1-3H3. The molecule has 0 saturated carbocycles. The van der Waals surface area contributed by atoms with E-state index >= 15 is 0 Å². The maximum Gasteiger partial charge on any atom is 0.171 e. The van der Waals surface area contributed by atoms with E-state index in [1.54, 1.807) is 6.92 Å². The zero-order valence-corrected chi connectivity index (χ0v) is 11.8. The Balaban J connectivity index is 2.30. The third-order valence-electron chi connectivity index (χ3n) is 2.94. The van der Waals surface area contributed by atoms with Crippen molar-refractivity contribution in [1.82, 2.24) is 4.98 Å². The Kier molecular flexibility index (Phi) is 3.57. The molecule has 2 N–H and O–H groups in total. The molecule has 1 aromatic heterocycles. The first kappa shape index (κ1) is 13.5. The molecule has 1 aromatic carbocycles. The van der Waals surface area contributed by atoms with Crippen molar-refractivity contribution in [2.45, 2.75) is 27.2 Å². The predicted octanol–water partition coefficient (Wildman–Crippen LogP) is 2.90. The minimum Gasteiger partial charge on any atom is -0.508 e. The number of carbonyl (C=O) groups is 1. The maximum absolute atomic E-state index is 12.2. The van der Waals surface area contributed by atoms with Crippen molar-refractivity contribution < 1.29 is 15.0 Å². The van der Waals surface area contributed by atoms with Crippen LogP contribution in [-0.4, -0.2) is 21.0 Å². The molecule has 0 aliphatic rings. The SMILES string of the molecule is Cc1nc(C)c(CC(=O)c2cc(C)c(O)cc2O)s1. The zero-order valence-electron chi connectivity index (χ0n) is 11.0. The van der Waals surface area contributed by atoms with Gasteiger partial charge in [0.15, 0.2) is 5.78 Å². The molecule has 0 bridgehead atoms. The predicted molar refractivity (Wildman–Crippen MR) is 74.1 cm³/mol. The topological polar surface area (TPSA) is 70.4 Å². The molecule has 19 heavy (non-hydrogen) atoms. The average Bonchev–Trinajstić information content (AvgIpc) is 2.62. The summed E-state index contributed by atoms with van der Waals surface area (Å²) in [5.41, 5.74) is 1.66. The van der Waals surface area contributed by atoms with Crippen LogP contribution in [0, 0.1) is 20.8 Å². The molecule has 4 nitrogen and oxygen atoms in total. The highest BCUT2D eigenvalue weighted by molar-refractivity contribution is 7.11. The van der Waals surface area contributed by atoms with Crippen LogP contribution in [0.3, 0.4) is 0 Å². The van der Waals surface area contributed by atoms with Gasteiger partial charge in [0.1, 0.15) is 11.5 Å². The first-order valence-electron chi connectivity index (χ1n) is 5.87. The Bertz CT molecular complexity index is 646. The van der Waals surface area contributed by atoms with Crippen LogP contribution in [0.1, 0.15) is 31.5 Å². The van der Waals surface area contributed by atoms with Gasteiger partial charge in [-0.2, -0.15) is 0 Å². The van der Waals surface area contributed by atoms with E-state index in [0.717, 1.165) is 15.6 Å².